The number of halogens is 2. The number of unbranched alkanes of at least 4 members (excludes halogenated alkanes) is 1. The van der Waals surface area contributed by atoms with Gasteiger partial charge in [-0.2, -0.15) is 8.78 Å². The Bertz CT molecular complexity index is 762. The van der Waals surface area contributed by atoms with Crippen molar-refractivity contribution in [2.75, 3.05) is 19.7 Å². The van der Waals surface area contributed by atoms with Crippen LogP contribution in [0, 0.1) is 0 Å². The maximum atomic E-state index is 14.6. The van der Waals surface area contributed by atoms with Crippen LogP contribution in [0.2, 0.25) is 0 Å². The van der Waals surface area contributed by atoms with Gasteiger partial charge in [-0.3, -0.25) is 14.4 Å². The van der Waals surface area contributed by atoms with Crippen LogP contribution in [0.25, 0.3) is 0 Å². The van der Waals surface area contributed by atoms with Gasteiger partial charge >= 0.3 is 11.9 Å². The smallest absolute Gasteiger partial charge is 0.325 e. The number of hydrogen-bond acceptors (Lipinski definition) is 11. The summed E-state index contributed by atoms with van der Waals surface area (Å²) in [6, 6.07) is -3.21. The Morgan fingerprint density at radius 1 is 1.06 bits per heavy atom. The summed E-state index contributed by atoms with van der Waals surface area (Å²) in [7, 11) is 0. The van der Waals surface area contributed by atoms with E-state index >= 15 is 0 Å². The van der Waals surface area contributed by atoms with Gasteiger partial charge in [0.25, 0.3) is 5.79 Å². The Balaban J connectivity index is 2.43. The summed E-state index contributed by atoms with van der Waals surface area (Å²) in [5, 5.41) is 64.3. The Morgan fingerprint density at radius 3 is 2.19 bits per heavy atom. The van der Waals surface area contributed by atoms with E-state index < -0.39 is 85.2 Å². The summed E-state index contributed by atoms with van der Waals surface area (Å²) in [5.41, 5.74) is 5.76. The van der Waals surface area contributed by atoms with Crippen molar-refractivity contribution in [1.82, 2.24) is 16.0 Å². The molecule has 1 saturated heterocycles. The molecule has 0 aliphatic carbocycles. The molecule has 1 aliphatic rings. The highest BCUT2D eigenvalue weighted by atomic mass is 19.3. The van der Waals surface area contributed by atoms with Gasteiger partial charge in [0.15, 0.2) is 0 Å². The number of rotatable bonds is 14. The number of ether oxygens (including phenoxy) is 1. The predicted molar refractivity (Wildman–Crippen MR) is 117 cm³/mol. The van der Waals surface area contributed by atoms with Gasteiger partial charge in [0.05, 0.1) is 19.2 Å². The highest BCUT2D eigenvalue weighted by Crippen LogP contribution is 2.39. The number of carboxylic acids is 1. The number of carbonyl (C=O) groups is 3. The molecule has 36 heavy (non-hydrogen) atoms. The van der Waals surface area contributed by atoms with E-state index in [0.717, 1.165) is 0 Å². The summed E-state index contributed by atoms with van der Waals surface area (Å²) >= 11 is 0. The Labute approximate surface area is 205 Å². The van der Waals surface area contributed by atoms with Crippen LogP contribution in [-0.4, -0.2) is 122 Å². The van der Waals surface area contributed by atoms with Crippen LogP contribution in [0.4, 0.5) is 8.78 Å². The van der Waals surface area contributed by atoms with Crippen molar-refractivity contribution in [1.29, 1.82) is 0 Å². The zero-order valence-electron chi connectivity index (χ0n) is 19.9. The fourth-order valence-corrected chi connectivity index (χ4v) is 3.36. The summed E-state index contributed by atoms with van der Waals surface area (Å²) in [6.07, 6.45) is -7.66. The average molecular weight is 531 g/mol. The van der Waals surface area contributed by atoms with Crippen LogP contribution in [-0.2, 0) is 19.1 Å². The highest BCUT2D eigenvalue weighted by Gasteiger charge is 2.65. The standard InChI is InChI=1S/C20H36F2N4O10/c1-9(16(31)26-10(2)18(33)34)25-17(32)11(23)5-3-4-6-24-8-19(21,22)20(35)15(30)14(29)13(28)12(7-27)36-20/h9-15,24,27-30,35H,3-8,23H2,1-2H3,(H,25,32)(H,26,31)(H,33,34)/t9-,10-,11-,12+,13-,14-,15+,20?/m0/s1. The molecule has 0 aromatic heterocycles. The van der Waals surface area contributed by atoms with E-state index in [0.29, 0.717) is 6.42 Å². The Morgan fingerprint density at radius 2 is 1.64 bits per heavy atom. The zero-order valence-corrected chi connectivity index (χ0v) is 19.9. The lowest BCUT2D eigenvalue weighted by Gasteiger charge is -2.48. The number of amides is 2. The number of aliphatic hydroxyl groups is 5. The van der Waals surface area contributed by atoms with Crippen molar-refractivity contribution in [2.45, 2.75) is 87.4 Å². The van der Waals surface area contributed by atoms with Crippen molar-refractivity contribution in [3.05, 3.63) is 0 Å². The molecule has 1 heterocycles. The Hall–Kier alpha value is -2.05. The van der Waals surface area contributed by atoms with Crippen molar-refractivity contribution in [3.8, 4) is 0 Å². The molecule has 1 unspecified atom stereocenters. The van der Waals surface area contributed by atoms with Crippen LogP contribution in [0.3, 0.4) is 0 Å². The molecule has 210 valence electrons. The van der Waals surface area contributed by atoms with Crippen LogP contribution in [0.15, 0.2) is 0 Å². The molecule has 14 nitrogen and oxygen atoms in total. The fraction of sp³-hybridized carbons (Fsp3) is 0.850. The second-order valence-corrected chi connectivity index (χ2v) is 8.74. The van der Waals surface area contributed by atoms with Crippen LogP contribution in [0.5, 0.6) is 0 Å². The molecule has 16 heteroatoms. The minimum absolute atomic E-state index is 0.0173. The van der Waals surface area contributed by atoms with E-state index in [1.165, 1.54) is 13.8 Å². The van der Waals surface area contributed by atoms with E-state index in [4.69, 9.17) is 15.9 Å². The molecule has 0 bridgehead atoms. The van der Waals surface area contributed by atoms with Crippen molar-refractivity contribution in [2.24, 2.45) is 5.73 Å². The van der Waals surface area contributed by atoms with Gasteiger partial charge in [0.2, 0.25) is 11.8 Å². The van der Waals surface area contributed by atoms with Crippen LogP contribution < -0.4 is 21.7 Å². The lowest BCUT2D eigenvalue weighted by Crippen LogP contribution is -2.72. The molecule has 0 spiro atoms. The van der Waals surface area contributed by atoms with E-state index in [9.17, 15) is 43.6 Å². The monoisotopic (exact) mass is 530 g/mol. The van der Waals surface area contributed by atoms with E-state index in [1.54, 1.807) is 0 Å². The second kappa shape index (κ2) is 13.5. The highest BCUT2D eigenvalue weighted by molar-refractivity contribution is 5.91. The molecule has 8 atom stereocenters. The van der Waals surface area contributed by atoms with Gasteiger partial charge in [-0.1, -0.05) is 6.42 Å². The maximum absolute atomic E-state index is 14.6. The third kappa shape index (κ3) is 7.97. The van der Waals surface area contributed by atoms with E-state index in [2.05, 4.69) is 20.7 Å². The number of carboxylic acid groups (broad SMARTS) is 1. The normalized spacial score (nSPS) is 29.2. The van der Waals surface area contributed by atoms with Gasteiger partial charge in [0, 0.05) is 0 Å². The molecular formula is C20H36F2N4O10. The van der Waals surface area contributed by atoms with Crippen LogP contribution in [0.1, 0.15) is 33.1 Å². The minimum Gasteiger partial charge on any atom is -0.480 e. The van der Waals surface area contributed by atoms with Crippen molar-refractivity contribution < 1.29 is 58.5 Å². The molecule has 2 amide bonds. The average Bonchev–Trinajstić information content (AvgIpc) is 2.81. The molecule has 11 N–H and O–H groups in total. The number of carbonyl (C=O) groups excluding carboxylic acids is 2. The van der Waals surface area contributed by atoms with Gasteiger partial charge in [0.1, 0.15) is 36.5 Å². The lowest BCUT2D eigenvalue weighted by atomic mass is 9.88. The van der Waals surface area contributed by atoms with Crippen molar-refractivity contribution in [3.63, 3.8) is 0 Å². The maximum Gasteiger partial charge on any atom is 0.325 e. The predicted octanol–water partition coefficient (Wildman–Crippen LogP) is -4.03. The largest absolute Gasteiger partial charge is 0.480 e. The summed E-state index contributed by atoms with van der Waals surface area (Å²) in [5.74, 6) is -10.3. The molecule has 1 aliphatic heterocycles. The van der Waals surface area contributed by atoms with Crippen molar-refractivity contribution >= 4 is 17.8 Å². The van der Waals surface area contributed by atoms with E-state index in [-0.39, 0.29) is 19.4 Å². The first kappa shape index (κ1) is 32.0. The minimum atomic E-state index is -4.13. The second-order valence-electron chi connectivity index (χ2n) is 8.74. The first-order valence-corrected chi connectivity index (χ1v) is 11.3. The number of aliphatic carboxylic acids is 1. The zero-order chi connectivity index (χ0) is 27.8. The third-order valence-electron chi connectivity index (χ3n) is 5.77. The number of aliphatic hydroxyl groups excluding tert-OH is 4. The molecule has 0 aromatic rings. The molecule has 0 saturated carbocycles. The number of alkyl halides is 2. The Kier molecular flexibility index (Phi) is 12.0. The topological polar surface area (TPSA) is 244 Å². The lowest BCUT2D eigenvalue weighted by molar-refractivity contribution is -0.409. The summed E-state index contributed by atoms with van der Waals surface area (Å²) < 4.78 is 33.8. The van der Waals surface area contributed by atoms with Crippen LogP contribution >= 0.6 is 0 Å². The quantitative estimate of drug-likeness (QED) is 0.0965. The van der Waals surface area contributed by atoms with Gasteiger partial charge < -0.3 is 57.1 Å². The van der Waals surface area contributed by atoms with Gasteiger partial charge in [-0.15, -0.1) is 0 Å². The first-order chi connectivity index (χ1) is 16.6. The third-order valence-corrected chi connectivity index (χ3v) is 5.77. The van der Waals surface area contributed by atoms with E-state index in [1.807, 2.05) is 0 Å². The van der Waals surface area contributed by atoms with Gasteiger partial charge in [-0.05, 0) is 33.2 Å². The SMILES string of the molecule is C[C@H](NC(=O)[C@H](C)NC(=O)[C@@H](N)CCCCNCC(F)(F)C1(O)O[C@H](CO)[C@H](O)[C@H](O)[C@H]1O)C(=O)O. The number of nitrogens with one attached hydrogen (secondary N) is 3. The summed E-state index contributed by atoms with van der Waals surface area (Å²) in [6.45, 7) is 0.415. The first-order valence-electron chi connectivity index (χ1n) is 11.3. The summed E-state index contributed by atoms with van der Waals surface area (Å²) in [4.78, 5) is 34.7. The fourth-order valence-electron chi connectivity index (χ4n) is 3.36. The molecule has 0 aromatic carbocycles. The molecule has 1 rings (SSSR count). The van der Waals surface area contributed by atoms with Gasteiger partial charge in [-0.25, -0.2) is 0 Å². The number of hydrogen-bond donors (Lipinski definition) is 10. The molecule has 1 fully saturated rings. The number of nitrogens with two attached hydrogens (primary N) is 1. The molecule has 0 radical (unpaired) electrons. The molecular weight excluding hydrogens is 494 g/mol.